The first-order chi connectivity index (χ1) is 12.7. The molecule has 1 aliphatic heterocycles. The lowest BCUT2D eigenvalue weighted by Crippen LogP contribution is -2.36. The summed E-state index contributed by atoms with van der Waals surface area (Å²) in [4.78, 5) is 27.1. The molecule has 0 saturated heterocycles. The van der Waals surface area contributed by atoms with Crippen LogP contribution < -0.4 is 4.74 Å². The molecule has 1 aromatic carbocycles. The quantitative estimate of drug-likeness (QED) is 0.709. The van der Waals surface area contributed by atoms with Gasteiger partial charge in [0, 0.05) is 30.9 Å². The number of aromatic nitrogens is 3. The molecule has 0 aliphatic carbocycles. The molecule has 1 aliphatic rings. The van der Waals surface area contributed by atoms with E-state index in [0.717, 1.165) is 11.1 Å². The number of carbonyl (C=O) groups excluding carboxylic acids is 1. The van der Waals surface area contributed by atoms with Crippen LogP contribution in [-0.2, 0) is 13.0 Å². The van der Waals surface area contributed by atoms with Crippen LogP contribution in [-0.4, -0.2) is 39.4 Å². The summed E-state index contributed by atoms with van der Waals surface area (Å²) < 4.78 is 19.0. The Hall–Kier alpha value is -2.87. The number of amides is 1. The van der Waals surface area contributed by atoms with Gasteiger partial charge in [0.2, 0.25) is 0 Å². The molecular weight excluding hydrogens is 355 g/mol. The zero-order valence-corrected chi connectivity index (χ0v) is 14.8. The van der Waals surface area contributed by atoms with Crippen LogP contribution in [0.2, 0.25) is 0 Å². The summed E-state index contributed by atoms with van der Waals surface area (Å²) in [5, 5.41) is 2.31. The summed E-state index contributed by atoms with van der Waals surface area (Å²) >= 11 is 1.33. The van der Waals surface area contributed by atoms with Gasteiger partial charge < -0.3 is 9.64 Å². The van der Waals surface area contributed by atoms with Gasteiger partial charge in [0.15, 0.2) is 22.4 Å². The molecule has 0 spiro atoms. The lowest BCUT2D eigenvalue weighted by Gasteiger charge is -2.28. The second-order valence-corrected chi connectivity index (χ2v) is 6.70. The van der Waals surface area contributed by atoms with Crippen LogP contribution in [0.3, 0.4) is 0 Å². The van der Waals surface area contributed by atoms with Gasteiger partial charge in [0.25, 0.3) is 5.91 Å². The largest absolute Gasteiger partial charge is 0.494 e. The number of methoxy groups -OCH3 is 1. The minimum absolute atomic E-state index is 0.176. The first-order valence-corrected chi connectivity index (χ1v) is 8.91. The van der Waals surface area contributed by atoms with Crippen molar-refractivity contribution in [3.8, 4) is 16.6 Å². The van der Waals surface area contributed by atoms with Crippen molar-refractivity contribution in [2.75, 3.05) is 13.7 Å². The lowest BCUT2D eigenvalue weighted by atomic mass is 9.99. The SMILES string of the molecule is COc1cc2c(cc1F)CN(C(=O)c1csc(-c3ncccn3)n1)CC2. The van der Waals surface area contributed by atoms with Crippen LogP contribution >= 0.6 is 11.3 Å². The third kappa shape index (κ3) is 3.03. The Bertz CT molecular complexity index is 961. The van der Waals surface area contributed by atoms with Crippen molar-refractivity contribution < 1.29 is 13.9 Å². The molecule has 0 radical (unpaired) electrons. The fourth-order valence-corrected chi connectivity index (χ4v) is 3.67. The van der Waals surface area contributed by atoms with E-state index in [0.29, 0.717) is 36.0 Å². The van der Waals surface area contributed by atoms with E-state index in [1.54, 1.807) is 34.8 Å². The minimum Gasteiger partial charge on any atom is -0.494 e. The standard InChI is InChI=1S/C18H15FN4O2S/c1-25-15-8-11-3-6-23(9-12(11)7-13(15)19)18(24)14-10-26-17(22-14)16-20-4-2-5-21-16/h2,4-5,7-8,10H,3,6,9H2,1H3. The summed E-state index contributed by atoms with van der Waals surface area (Å²) in [6.07, 6.45) is 3.92. The lowest BCUT2D eigenvalue weighted by molar-refractivity contribution is 0.0729. The number of hydrogen-bond acceptors (Lipinski definition) is 6. The number of halogens is 1. The summed E-state index contributed by atoms with van der Waals surface area (Å²) in [7, 11) is 1.44. The first-order valence-electron chi connectivity index (χ1n) is 8.03. The molecule has 6 nitrogen and oxygen atoms in total. The number of thiazole rings is 1. The molecule has 26 heavy (non-hydrogen) atoms. The topological polar surface area (TPSA) is 68.2 Å². The van der Waals surface area contributed by atoms with Crippen molar-refractivity contribution in [2.24, 2.45) is 0 Å². The normalized spacial score (nSPS) is 13.4. The van der Waals surface area contributed by atoms with E-state index in [1.165, 1.54) is 24.5 Å². The Morgan fingerprint density at radius 1 is 1.27 bits per heavy atom. The van der Waals surface area contributed by atoms with Gasteiger partial charge in [-0.1, -0.05) is 0 Å². The van der Waals surface area contributed by atoms with Gasteiger partial charge in [0.05, 0.1) is 7.11 Å². The van der Waals surface area contributed by atoms with E-state index in [9.17, 15) is 9.18 Å². The van der Waals surface area contributed by atoms with Crippen molar-refractivity contribution in [3.63, 3.8) is 0 Å². The van der Waals surface area contributed by atoms with Crippen molar-refractivity contribution in [2.45, 2.75) is 13.0 Å². The van der Waals surface area contributed by atoms with Crippen LogP contribution in [0.15, 0.2) is 36.0 Å². The van der Waals surface area contributed by atoms with Gasteiger partial charge in [-0.15, -0.1) is 11.3 Å². The number of fused-ring (bicyclic) bond motifs is 1. The maximum Gasteiger partial charge on any atom is 0.273 e. The zero-order chi connectivity index (χ0) is 18.1. The number of carbonyl (C=O) groups is 1. The average Bonchev–Trinajstić information content (AvgIpc) is 3.17. The summed E-state index contributed by atoms with van der Waals surface area (Å²) in [5.74, 6) is 0.133. The molecule has 0 atom stereocenters. The van der Waals surface area contributed by atoms with Crippen molar-refractivity contribution in [1.82, 2.24) is 19.9 Å². The van der Waals surface area contributed by atoms with Gasteiger partial charge in [-0.25, -0.2) is 19.3 Å². The number of benzene rings is 1. The van der Waals surface area contributed by atoms with Crippen molar-refractivity contribution in [1.29, 1.82) is 0 Å². The summed E-state index contributed by atoms with van der Waals surface area (Å²) in [5.41, 5.74) is 2.16. The van der Waals surface area contributed by atoms with Gasteiger partial charge in [-0.2, -0.15) is 0 Å². The highest BCUT2D eigenvalue weighted by Gasteiger charge is 2.25. The highest BCUT2D eigenvalue weighted by molar-refractivity contribution is 7.13. The van der Waals surface area contributed by atoms with E-state index in [1.807, 2.05) is 0 Å². The van der Waals surface area contributed by atoms with E-state index in [4.69, 9.17) is 4.74 Å². The van der Waals surface area contributed by atoms with E-state index in [2.05, 4.69) is 15.0 Å². The third-order valence-electron chi connectivity index (χ3n) is 4.25. The first kappa shape index (κ1) is 16.6. The Kier molecular flexibility index (Phi) is 4.34. The molecule has 4 rings (SSSR count). The van der Waals surface area contributed by atoms with Crippen LogP contribution in [0, 0.1) is 5.82 Å². The predicted octanol–water partition coefficient (Wildman–Crippen LogP) is 2.95. The fourth-order valence-electron chi connectivity index (χ4n) is 2.93. The van der Waals surface area contributed by atoms with Gasteiger partial charge in [-0.3, -0.25) is 4.79 Å². The van der Waals surface area contributed by atoms with Crippen LogP contribution in [0.25, 0.3) is 10.8 Å². The zero-order valence-electron chi connectivity index (χ0n) is 14.0. The Morgan fingerprint density at radius 2 is 2.08 bits per heavy atom. The van der Waals surface area contributed by atoms with Crippen molar-refractivity contribution >= 4 is 17.2 Å². The maximum absolute atomic E-state index is 14.0. The van der Waals surface area contributed by atoms with Crippen molar-refractivity contribution in [3.05, 3.63) is 58.6 Å². The summed E-state index contributed by atoms with van der Waals surface area (Å²) in [6, 6.07) is 4.88. The smallest absolute Gasteiger partial charge is 0.273 e. The molecular formula is C18H15FN4O2S. The van der Waals surface area contributed by atoms with Crippen LogP contribution in [0.4, 0.5) is 4.39 Å². The molecule has 2 aromatic heterocycles. The Morgan fingerprint density at radius 3 is 2.85 bits per heavy atom. The maximum atomic E-state index is 14.0. The molecule has 3 aromatic rings. The van der Waals surface area contributed by atoms with Gasteiger partial charge in [-0.05, 0) is 35.7 Å². The summed E-state index contributed by atoms with van der Waals surface area (Å²) in [6.45, 7) is 0.902. The minimum atomic E-state index is -0.419. The van der Waals surface area contributed by atoms with E-state index < -0.39 is 5.82 Å². The molecule has 8 heteroatoms. The molecule has 132 valence electrons. The van der Waals surface area contributed by atoms with E-state index >= 15 is 0 Å². The second-order valence-electron chi connectivity index (χ2n) is 5.84. The average molecular weight is 370 g/mol. The Balaban J connectivity index is 1.55. The predicted molar refractivity (Wildman–Crippen MR) is 94.5 cm³/mol. The fraction of sp³-hybridized carbons (Fsp3) is 0.222. The molecule has 1 amide bonds. The highest BCUT2D eigenvalue weighted by atomic mass is 32.1. The monoisotopic (exact) mass is 370 g/mol. The molecule has 0 unspecified atom stereocenters. The number of rotatable bonds is 3. The molecule has 0 fully saturated rings. The van der Waals surface area contributed by atoms with Crippen LogP contribution in [0.1, 0.15) is 21.6 Å². The molecule has 0 N–H and O–H groups in total. The molecule has 0 saturated carbocycles. The number of hydrogen-bond donors (Lipinski definition) is 0. The van der Waals surface area contributed by atoms with E-state index in [-0.39, 0.29) is 11.7 Å². The molecule has 3 heterocycles. The highest BCUT2D eigenvalue weighted by Crippen LogP contribution is 2.28. The Labute approximate surface area is 153 Å². The van der Waals surface area contributed by atoms with Gasteiger partial charge in [0.1, 0.15) is 5.69 Å². The van der Waals surface area contributed by atoms with Gasteiger partial charge >= 0.3 is 0 Å². The second kappa shape index (κ2) is 6.80. The number of ether oxygens (including phenoxy) is 1. The third-order valence-corrected chi connectivity index (χ3v) is 5.09. The molecule has 0 bridgehead atoms. The van der Waals surface area contributed by atoms with Crippen LogP contribution in [0.5, 0.6) is 5.75 Å². The number of nitrogens with zero attached hydrogens (tertiary/aromatic N) is 4.